The van der Waals surface area contributed by atoms with Crippen molar-refractivity contribution in [2.75, 3.05) is 13.7 Å². The first-order valence-corrected chi connectivity index (χ1v) is 8.22. The molecule has 0 aliphatic carbocycles. The molecular weight excluding hydrogens is 328 g/mol. The van der Waals surface area contributed by atoms with Crippen LogP contribution in [0, 0.1) is 0 Å². The third-order valence-electron chi connectivity index (χ3n) is 3.90. The Hall–Kier alpha value is -3.41. The van der Waals surface area contributed by atoms with Gasteiger partial charge < -0.3 is 9.64 Å². The maximum Gasteiger partial charge on any atom is 0.276 e. The van der Waals surface area contributed by atoms with Gasteiger partial charge in [-0.3, -0.25) is 4.79 Å². The van der Waals surface area contributed by atoms with E-state index in [1.165, 1.54) is 0 Å². The highest BCUT2D eigenvalue weighted by Gasteiger charge is 2.19. The molecule has 6 nitrogen and oxygen atoms in total. The second kappa shape index (κ2) is 8.11. The fraction of sp³-hybridized carbons (Fsp3) is 0.150. The van der Waals surface area contributed by atoms with Gasteiger partial charge in [0.05, 0.1) is 19.0 Å². The summed E-state index contributed by atoms with van der Waals surface area (Å²) < 4.78 is 6.76. The molecule has 0 aliphatic heterocycles. The van der Waals surface area contributed by atoms with E-state index in [1.54, 1.807) is 29.0 Å². The average Bonchev–Trinajstić information content (AvgIpc) is 3.18. The first-order valence-electron chi connectivity index (χ1n) is 8.22. The van der Waals surface area contributed by atoms with Crippen LogP contribution in [-0.4, -0.2) is 39.5 Å². The summed E-state index contributed by atoms with van der Waals surface area (Å²) in [6, 6.07) is 17.2. The van der Waals surface area contributed by atoms with Gasteiger partial charge in [0.1, 0.15) is 5.75 Å². The van der Waals surface area contributed by atoms with Gasteiger partial charge >= 0.3 is 0 Å². The quantitative estimate of drug-likeness (QED) is 0.616. The molecule has 6 heteroatoms. The van der Waals surface area contributed by atoms with Crippen molar-refractivity contribution >= 4 is 5.91 Å². The molecule has 0 spiro atoms. The second-order valence-electron chi connectivity index (χ2n) is 5.71. The number of methoxy groups -OCH3 is 1. The summed E-state index contributed by atoms with van der Waals surface area (Å²) in [5.41, 5.74) is 2.14. The summed E-state index contributed by atoms with van der Waals surface area (Å²) in [6.45, 7) is 4.61. The van der Waals surface area contributed by atoms with Crippen LogP contribution in [0.2, 0.25) is 0 Å². The molecule has 0 saturated heterocycles. The van der Waals surface area contributed by atoms with Crippen molar-refractivity contribution in [3.05, 3.63) is 84.7 Å². The zero-order valence-electron chi connectivity index (χ0n) is 14.6. The van der Waals surface area contributed by atoms with Gasteiger partial charge in [0.25, 0.3) is 5.91 Å². The highest BCUT2D eigenvalue weighted by molar-refractivity contribution is 5.92. The molecule has 0 fully saturated rings. The van der Waals surface area contributed by atoms with Crippen molar-refractivity contribution in [1.29, 1.82) is 0 Å². The van der Waals surface area contributed by atoms with Gasteiger partial charge in [0, 0.05) is 13.1 Å². The number of rotatable bonds is 7. The number of para-hydroxylation sites is 1. The van der Waals surface area contributed by atoms with Crippen LogP contribution >= 0.6 is 0 Å². The number of hydrogen-bond donors (Lipinski definition) is 0. The minimum atomic E-state index is -0.192. The predicted octanol–water partition coefficient (Wildman–Crippen LogP) is 3.10. The van der Waals surface area contributed by atoms with Crippen LogP contribution < -0.4 is 4.74 Å². The Labute approximate surface area is 152 Å². The van der Waals surface area contributed by atoms with E-state index in [9.17, 15) is 4.79 Å². The summed E-state index contributed by atoms with van der Waals surface area (Å²) in [5, 5.41) is 8.09. The largest absolute Gasteiger partial charge is 0.497 e. The van der Waals surface area contributed by atoms with Crippen LogP contribution in [0.3, 0.4) is 0 Å². The number of hydrogen-bond acceptors (Lipinski definition) is 4. The zero-order valence-corrected chi connectivity index (χ0v) is 14.6. The van der Waals surface area contributed by atoms with Crippen molar-refractivity contribution < 1.29 is 9.53 Å². The minimum absolute atomic E-state index is 0.192. The maximum atomic E-state index is 12.8. The Balaban J connectivity index is 1.78. The van der Waals surface area contributed by atoms with Crippen LogP contribution in [0.4, 0.5) is 0 Å². The van der Waals surface area contributed by atoms with Crippen LogP contribution in [0.1, 0.15) is 16.1 Å². The molecule has 0 saturated carbocycles. The van der Waals surface area contributed by atoms with E-state index in [2.05, 4.69) is 16.9 Å². The molecule has 1 amide bonds. The van der Waals surface area contributed by atoms with Crippen LogP contribution in [0.15, 0.2) is 73.4 Å². The van der Waals surface area contributed by atoms with E-state index >= 15 is 0 Å². The van der Waals surface area contributed by atoms with Gasteiger partial charge in [-0.05, 0) is 29.8 Å². The number of amides is 1. The number of carbonyl (C=O) groups excluding carboxylic acids is 1. The summed E-state index contributed by atoms with van der Waals surface area (Å²) in [4.78, 5) is 14.5. The lowest BCUT2D eigenvalue weighted by molar-refractivity contribution is 0.0756. The Kier molecular flexibility index (Phi) is 5.43. The third kappa shape index (κ3) is 3.97. The Bertz CT molecular complexity index is 872. The average molecular weight is 348 g/mol. The number of ether oxygens (including phenoxy) is 1. The predicted molar refractivity (Wildman–Crippen MR) is 99.3 cm³/mol. The van der Waals surface area contributed by atoms with E-state index in [1.807, 2.05) is 54.6 Å². The van der Waals surface area contributed by atoms with Crippen molar-refractivity contribution in [1.82, 2.24) is 19.9 Å². The normalized spacial score (nSPS) is 10.3. The Morgan fingerprint density at radius 1 is 1.19 bits per heavy atom. The lowest BCUT2D eigenvalue weighted by Gasteiger charge is -2.20. The van der Waals surface area contributed by atoms with Gasteiger partial charge in [-0.1, -0.05) is 41.6 Å². The molecule has 132 valence electrons. The summed E-state index contributed by atoms with van der Waals surface area (Å²) in [7, 11) is 1.62. The van der Waals surface area contributed by atoms with Gasteiger partial charge in [-0.25, -0.2) is 4.68 Å². The molecule has 0 bridgehead atoms. The van der Waals surface area contributed by atoms with Gasteiger partial charge in [-0.15, -0.1) is 11.7 Å². The zero-order chi connectivity index (χ0) is 18.4. The van der Waals surface area contributed by atoms with E-state index in [0.29, 0.717) is 18.8 Å². The molecule has 3 rings (SSSR count). The SMILES string of the molecule is C=CCN(Cc1ccc(OC)cc1)C(=O)c1cn(-c2ccccc2)nn1. The maximum absolute atomic E-state index is 12.8. The van der Waals surface area contributed by atoms with E-state index in [-0.39, 0.29) is 5.91 Å². The monoisotopic (exact) mass is 348 g/mol. The third-order valence-corrected chi connectivity index (χ3v) is 3.90. The lowest BCUT2D eigenvalue weighted by Crippen LogP contribution is -2.31. The van der Waals surface area contributed by atoms with E-state index < -0.39 is 0 Å². The van der Waals surface area contributed by atoms with Crippen molar-refractivity contribution in [2.24, 2.45) is 0 Å². The molecule has 0 unspecified atom stereocenters. The van der Waals surface area contributed by atoms with Gasteiger partial charge in [-0.2, -0.15) is 0 Å². The standard InChI is InChI=1S/C20H20N4O2/c1-3-13-23(14-16-9-11-18(26-2)12-10-16)20(25)19-15-24(22-21-19)17-7-5-4-6-8-17/h3-12,15H,1,13-14H2,2H3. The Morgan fingerprint density at radius 3 is 2.58 bits per heavy atom. The molecule has 2 aromatic carbocycles. The smallest absolute Gasteiger partial charge is 0.276 e. The molecule has 1 heterocycles. The topological polar surface area (TPSA) is 60.2 Å². The number of aromatic nitrogens is 3. The van der Waals surface area contributed by atoms with E-state index in [4.69, 9.17) is 4.74 Å². The minimum Gasteiger partial charge on any atom is -0.497 e. The molecule has 0 aliphatic rings. The molecule has 26 heavy (non-hydrogen) atoms. The van der Waals surface area contributed by atoms with Crippen molar-refractivity contribution in [2.45, 2.75) is 6.54 Å². The fourth-order valence-electron chi connectivity index (χ4n) is 2.56. The molecule has 1 aromatic heterocycles. The number of benzene rings is 2. The van der Waals surface area contributed by atoms with Gasteiger partial charge in [0.15, 0.2) is 5.69 Å². The second-order valence-corrected chi connectivity index (χ2v) is 5.71. The van der Waals surface area contributed by atoms with Crippen LogP contribution in [0.25, 0.3) is 5.69 Å². The summed E-state index contributed by atoms with van der Waals surface area (Å²) in [6.07, 6.45) is 3.34. The lowest BCUT2D eigenvalue weighted by atomic mass is 10.2. The van der Waals surface area contributed by atoms with E-state index in [0.717, 1.165) is 17.0 Å². The summed E-state index contributed by atoms with van der Waals surface area (Å²) in [5.74, 6) is 0.587. The molecule has 0 N–H and O–H groups in total. The molecule has 0 radical (unpaired) electrons. The highest BCUT2D eigenvalue weighted by Crippen LogP contribution is 2.15. The molecule has 3 aromatic rings. The van der Waals surface area contributed by atoms with Crippen molar-refractivity contribution in [3.63, 3.8) is 0 Å². The first-order chi connectivity index (χ1) is 12.7. The Morgan fingerprint density at radius 2 is 1.92 bits per heavy atom. The number of nitrogens with zero attached hydrogens (tertiary/aromatic N) is 4. The number of carbonyl (C=O) groups is 1. The fourth-order valence-corrected chi connectivity index (χ4v) is 2.56. The molecular formula is C20H20N4O2. The summed E-state index contributed by atoms with van der Waals surface area (Å²) >= 11 is 0. The van der Waals surface area contributed by atoms with Crippen LogP contribution in [0.5, 0.6) is 5.75 Å². The van der Waals surface area contributed by atoms with Gasteiger partial charge in [0.2, 0.25) is 0 Å². The van der Waals surface area contributed by atoms with Crippen molar-refractivity contribution in [3.8, 4) is 11.4 Å². The van der Waals surface area contributed by atoms with Crippen LogP contribution in [-0.2, 0) is 6.54 Å². The molecule has 0 atom stereocenters. The first kappa shape index (κ1) is 17.4. The highest BCUT2D eigenvalue weighted by atomic mass is 16.5.